The minimum atomic E-state index is -0.151. The van der Waals surface area contributed by atoms with Gasteiger partial charge in [0.1, 0.15) is 5.82 Å². The van der Waals surface area contributed by atoms with E-state index >= 15 is 0 Å². The number of nitrogens with one attached hydrogen (secondary N) is 1. The third kappa shape index (κ3) is 3.35. The summed E-state index contributed by atoms with van der Waals surface area (Å²) in [6.07, 6.45) is 3.21. The zero-order chi connectivity index (χ0) is 15.7. The van der Waals surface area contributed by atoms with Crippen LogP contribution >= 0.6 is 12.4 Å². The molecule has 0 saturated carbocycles. The van der Waals surface area contributed by atoms with Crippen LogP contribution in [-0.4, -0.2) is 20.4 Å². The molecule has 2 aromatic heterocycles. The number of halogens is 1. The molecule has 0 bridgehead atoms. The lowest BCUT2D eigenvalue weighted by atomic mass is 10.2. The van der Waals surface area contributed by atoms with E-state index in [0.29, 0.717) is 11.5 Å². The highest BCUT2D eigenvalue weighted by molar-refractivity contribution is 6.04. The Kier molecular flexibility index (Phi) is 5.01. The van der Waals surface area contributed by atoms with Crippen molar-refractivity contribution < 1.29 is 4.79 Å². The number of benzene rings is 1. The Morgan fingerprint density at radius 1 is 1.17 bits per heavy atom. The molecule has 120 valence electrons. The number of imidazole rings is 1. The lowest BCUT2D eigenvalue weighted by molar-refractivity contribution is 0.102. The van der Waals surface area contributed by atoms with Crippen molar-refractivity contribution in [3.8, 4) is 0 Å². The number of hydrogen-bond donors (Lipinski definition) is 1. The maximum absolute atomic E-state index is 12.2. The maximum Gasteiger partial charge on any atom is 0.255 e. The van der Waals surface area contributed by atoms with E-state index in [1.165, 1.54) is 0 Å². The number of pyridine rings is 1. The molecule has 0 saturated heterocycles. The number of aryl methyl sites for hydroxylation is 1. The molecule has 0 aliphatic carbocycles. The van der Waals surface area contributed by atoms with Gasteiger partial charge in [-0.2, -0.15) is 0 Å². The average Bonchev–Trinajstić information content (AvgIpc) is 2.85. The van der Waals surface area contributed by atoms with Gasteiger partial charge in [0, 0.05) is 36.6 Å². The number of anilines is 1. The summed E-state index contributed by atoms with van der Waals surface area (Å²) in [6, 6.07) is 9.15. The van der Waals surface area contributed by atoms with E-state index in [9.17, 15) is 4.79 Å². The van der Waals surface area contributed by atoms with Gasteiger partial charge < -0.3 is 9.88 Å². The zero-order valence-electron chi connectivity index (χ0n) is 13.3. The molecule has 0 fully saturated rings. The molecule has 3 aromatic rings. The van der Waals surface area contributed by atoms with Crippen LogP contribution in [0.15, 0.2) is 42.7 Å². The van der Waals surface area contributed by atoms with Crippen molar-refractivity contribution in [1.82, 2.24) is 14.5 Å². The minimum absolute atomic E-state index is 0. The van der Waals surface area contributed by atoms with Gasteiger partial charge in [-0.15, -0.1) is 12.4 Å². The number of nitrogens with zero attached hydrogens (tertiary/aromatic N) is 3. The highest BCUT2D eigenvalue weighted by atomic mass is 35.5. The van der Waals surface area contributed by atoms with Gasteiger partial charge in [-0.25, -0.2) is 4.98 Å². The fraction of sp³-hybridized carbons (Fsp3) is 0.235. The number of amides is 1. The summed E-state index contributed by atoms with van der Waals surface area (Å²) in [4.78, 5) is 20.7. The Bertz CT molecular complexity index is 827. The van der Waals surface area contributed by atoms with E-state index in [0.717, 1.165) is 22.5 Å². The first-order valence-corrected chi connectivity index (χ1v) is 7.24. The van der Waals surface area contributed by atoms with Gasteiger partial charge in [0.15, 0.2) is 0 Å². The quantitative estimate of drug-likeness (QED) is 0.795. The second-order valence-electron chi connectivity index (χ2n) is 5.58. The summed E-state index contributed by atoms with van der Waals surface area (Å²) in [5.41, 5.74) is 3.27. The van der Waals surface area contributed by atoms with Gasteiger partial charge in [-0.1, -0.05) is 13.8 Å². The fourth-order valence-corrected chi connectivity index (χ4v) is 2.52. The van der Waals surface area contributed by atoms with Crippen molar-refractivity contribution in [3.05, 3.63) is 54.1 Å². The Morgan fingerprint density at radius 2 is 1.87 bits per heavy atom. The molecule has 3 rings (SSSR count). The van der Waals surface area contributed by atoms with Gasteiger partial charge in [0.05, 0.1) is 11.0 Å². The molecule has 0 unspecified atom stereocenters. The number of aromatic nitrogens is 3. The van der Waals surface area contributed by atoms with Crippen LogP contribution in [0.5, 0.6) is 0 Å². The molecular weight excluding hydrogens is 312 g/mol. The van der Waals surface area contributed by atoms with Crippen LogP contribution in [0.3, 0.4) is 0 Å². The van der Waals surface area contributed by atoms with E-state index in [4.69, 9.17) is 0 Å². The molecule has 0 aliphatic heterocycles. The van der Waals surface area contributed by atoms with E-state index in [2.05, 4.69) is 33.7 Å². The molecule has 1 N–H and O–H groups in total. The van der Waals surface area contributed by atoms with Gasteiger partial charge in [0.25, 0.3) is 5.91 Å². The van der Waals surface area contributed by atoms with Crippen molar-refractivity contribution in [2.75, 3.05) is 5.32 Å². The highest BCUT2D eigenvalue weighted by Gasteiger charge is 2.12. The first kappa shape index (κ1) is 17.0. The number of fused-ring (bicyclic) bond motifs is 1. The standard InChI is InChI=1S/C17H18N4O.ClH/c1-11(2)16-20-14-10-13(4-5-15(14)21(16)3)19-17(22)12-6-8-18-9-7-12;/h4-11H,1-3H3,(H,19,22);1H. The summed E-state index contributed by atoms with van der Waals surface area (Å²) in [5.74, 6) is 1.24. The first-order valence-electron chi connectivity index (χ1n) is 7.24. The van der Waals surface area contributed by atoms with Crippen molar-refractivity contribution in [2.45, 2.75) is 19.8 Å². The number of hydrogen-bond acceptors (Lipinski definition) is 3. The second kappa shape index (κ2) is 6.79. The lowest BCUT2D eigenvalue weighted by Crippen LogP contribution is -2.11. The zero-order valence-corrected chi connectivity index (χ0v) is 14.1. The smallest absolute Gasteiger partial charge is 0.255 e. The van der Waals surface area contributed by atoms with Crippen LogP contribution in [0.2, 0.25) is 0 Å². The first-order chi connectivity index (χ1) is 10.6. The normalized spacial score (nSPS) is 10.6. The molecule has 0 radical (unpaired) electrons. The van der Waals surface area contributed by atoms with E-state index < -0.39 is 0 Å². The summed E-state index contributed by atoms with van der Waals surface area (Å²) in [6.45, 7) is 4.24. The van der Waals surface area contributed by atoms with E-state index in [1.807, 2.05) is 25.2 Å². The number of carbonyl (C=O) groups is 1. The van der Waals surface area contributed by atoms with Crippen LogP contribution in [0, 0.1) is 0 Å². The van der Waals surface area contributed by atoms with Crippen LogP contribution in [0.1, 0.15) is 35.9 Å². The fourth-order valence-electron chi connectivity index (χ4n) is 2.52. The molecule has 2 heterocycles. The maximum atomic E-state index is 12.2. The third-order valence-electron chi connectivity index (χ3n) is 3.63. The number of rotatable bonds is 3. The van der Waals surface area contributed by atoms with Gasteiger partial charge in [-0.3, -0.25) is 9.78 Å². The van der Waals surface area contributed by atoms with Gasteiger partial charge in [-0.05, 0) is 30.3 Å². The van der Waals surface area contributed by atoms with Crippen molar-refractivity contribution in [2.24, 2.45) is 7.05 Å². The minimum Gasteiger partial charge on any atom is -0.331 e. The molecule has 5 nitrogen and oxygen atoms in total. The molecule has 0 spiro atoms. The predicted octanol–water partition coefficient (Wildman–Crippen LogP) is 3.77. The Labute approximate surface area is 141 Å². The third-order valence-corrected chi connectivity index (χ3v) is 3.63. The van der Waals surface area contributed by atoms with Crippen molar-refractivity contribution >= 4 is 35.0 Å². The predicted molar refractivity (Wildman–Crippen MR) is 94.2 cm³/mol. The molecule has 1 aromatic carbocycles. The van der Waals surface area contributed by atoms with E-state index in [-0.39, 0.29) is 18.3 Å². The van der Waals surface area contributed by atoms with Crippen molar-refractivity contribution in [1.29, 1.82) is 0 Å². The van der Waals surface area contributed by atoms with Gasteiger partial charge in [0.2, 0.25) is 0 Å². The van der Waals surface area contributed by atoms with Crippen molar-refractivity contribution in [3.63, 3.8) is 0 Å². The lowest BCUT2D eigenvalue weighted by Gasteiger charge is -2.06. The molecule has 23 heavy (non-hydrogen) atoms. The van der Waals surface area contributed by atoms with E-state index in [1.54, 1.807) is 24.5 Å². The summed E-state index contributed by atoms with van der Waals surface area (Å²) < 4.78 is 2.09. The summed E-state index contributed by atoms with van der Waals surface area (Å²) in [7, 11) is 2.01. The Morgan fingerprint density at radius 3 is 2.52 bits per heavy atom. The van der Waals surface area contributed by atoms with Crippen LogP contribution in [-0.2, 0) is 7.05 Å². The number of carbonyl (C=O) groups excluding carboxylic acids is 1. The van der Waals surface area contributed by atoms with Gasteiger partial charge >= 0.3 is 0 Å². The second-order valence-corrected chi connectivity index (χ2v) is 5.58. The molecule has 6 heteroatoms. The van der Waals surface area contributed by atoms with Crippen LogP contribution < -0.4 is 5.32 Å². The topological polar surface area (TPSA) is 59.8 Å². The molecule has 0 atom stereocenters. The molecular formula is C17H19ClN4O. The Balaban J connectivity index is 0.00000192. The molecule has 0 aliphatic rings. The van der Waals surface area contributed by atoms with Crippen LogP contribution in [0.4, 0.5) is 5.69 Å². The monoisotopic (exact) mass is 330 g/mol. The summed E-state index contributed by atoms with van der Waals surface area (Å²) in [5, 5.41) is 2.89. The largest absolute Gasteiger partial charge is 0.331 e. The Hall–Kier alpha value is -2.40. The summed E-state index contributed by atoms with van der Waals surface area (Å²) >= 11 is 0. The average molecular weight is 331 g/mol. The highest BCUT2D eigenvalue weighted by Crippen LogP contribution is 2.23. The molecule has 1 amide bonds. The SMILES string of the molecule is CC(C)c1nc2cc(NC(=O)c3ccncc3)ccc2n1C.Cl. The van der Waals surface area contributed by atoms with Crippen LogP contribution in [0.25, 0.3) is 11.0 Å².